The molecule has 1 aliphatic rings. The van der Waals surface area contributed by atoms with Gasteiger partial charge in [-0.05, 0) is 30.7 Å². The van der Waals surface area contributed by atoms with Crippen molar-refractivity contribution in [3.05, 3.63) is 75.8 Å². The maximum absolute atomic E-state index is 12.4. The number of nitrogens with one attached hydrogen (secondary N) is 1. The Hall–Kier alpha value is -3.06. The Balaban J connectivity index is 1.65. The molecule has 4 heterocycles. The van der Waals surface area contributed by atoms with Gasteiger partial charge < -0.3 is 5.32 Å². The molecule has 0 saturated heterocycles. The van der Waals surface area contributed by atoms with Crippen molar-refractivity contribution in [2.24, 2.45) is 0 Å². The smallest absolute Gasteiger partial charge is 0.270 e. The van der Waals surface area contributed by atoms with Crippen molar-refractivity contribution in [1.29, 1.82) is 0 Å². The zero-order valence-corrected chi connectivity index (χ0v) is 14.3. The van der Waals surface area contributed by atoms with Gasteiger partial charge in [0.05, 0.1) is 11.7 Å². The van der Waals surface area contributed by atoms with E-state index in [1.165, 1.54) is 6.07 Å². The largest absolute Gasteiger partial charge is 0.341 e. The second kappa shape index (κ2) is 6.68. The SMILES string of the molecule is O=C(NC1CCn2c1nc(-c1ccncc1)cc2=O)c1cccc(Cl)n1. The van der Waals surface area contributed by atoms with E-state index in [1.54, 1.807) is 47.3 Å². The van der Waals surface area contributed by atoms with Gasteiger partial charge in [0.2, 0.25) is 0 Å². The first-order valence-corrected chi connectivity index (χ1v) is 8.45. The molecule has 26 heavy (non-hydrogen) atoms. The molecule has 0 aromatic carbocycles. The molecule has 0 fully saturated rings. The van der Waals surface area contributed by atoms with Crippen LogP contribution in [0.4, 0.5) is 0 Å². The Labute approximate surface area is 153 Å². The predicted molar refractivity (Wildman–Crippen MR) is 95.8 cm³/mol. The molecule has 3 aromatic heterocycles. The van der Waals surface area contributed by atoms with Crippen LogP contribution in [0, 0.1) is 0 Å². The van der Waals surface area contributed by atoms with Gasteiger partial charge in [-0.2, -0.15) is 0 Å². The molecule has 1 unspecified atom stereocenters. The van der Waals surface area contributed by atoms with Crippen LogP contribution < -0.4 is 10.9 Å². The van der Waals surface area contributed by atoms with Crippen LogP contribution in [-0.2, 0) is 6.54 Å². The van der Waals surface area contributed by atoms with Crippen LogP contribution in [0.15, 0.2) is 53.6 Å². The number of hydrogen-bond acceptors (Lipinski definition) is 5. The summed E-state index contributed by atoms with van der Waals surface area (Å²) in [4.78, 5) is 37.5. The first kappa shape index (κ1) is 16.4. The van der Waals surface area contributed by atoms with Crippen molar-refractivity contribution in [2.45, 2.75) is 19.0 Å². The quantitative estimate of drug-likeness (QED) is 0.717. The van der Waals surface area contributed by atoms with Crippen molar-refractivity contribution in [2.75, 3.05) is 0 Å². The Morgan fingerprint density at radius 3 is 2.77 bits per heavy atom. The van der Waals surface area contributed by atoms with Crippen LogP contribution in [0.2, 0.25) is 5.15 Å². The summed E-state index contributed by atoms with van der Waals surface area (Å²) >= 11 is 5.84. The fourth-order valence-electron chi connectivity index (χ4n) is 2.98. The highest BCUT2D eigenvalue weighted by Crippen LogP contribution is 2.25. The topological polar surface area (TPSA) is 89.8 Å². The minimum Gasteiger partial charge on any atom is -0.341 e. The number of halogens is 1. The molecule has 8 heteroatoms. The van der Waals surface area contributed by atoms with Gasteiger partial charge in [0.15, 0.2) is 0 Å². The zero-order valence-electron chi connectivity index (χ0n) is 13.6. The van der Waals surface area contributed by atoms with Gasteiger partial charge in [-0.15, -0.1) is 0 Å². The van der Waals surface area contributed by atoms with Gasteiger partial charge >= 0.3 is 0 Å². The number of amides is 1. The highest BCUT2D eigenvalue weighted by Gasteiger charge is 2.28. The lowest BCUT2D eigenvalue weighted by atomic mass is 10.2. The maximum Gasteiger partial charge on any atom is 0.270 e. The summed E-state index contributed by atoms with van der Waals surface area (Å²) in [5.41, 5.74) is 1.45. The summed E-state index contributed by atoms with van der Waals surface area (Å²) in [6.07, 6.45) is 3.88. The van der Waals surface area contributed by atoms with Crippen molar-refractivity contribution >= 4 is 17.5 Å². The molecule has 1 amide bonds. The molecule has 1 atom stereocenters. The average Bonchev–Trinajstić information content (AvgIpc) is 3.06. The van der Waals surface area contributed by atoms with E-state index >= 15 is 0 Å². The second-order valence-electron chi connectivity index (χ2n) is 5.89. The molecular formula is C18H14ClN5O2. The number of nitrogens with zero attached hydrogens (tertiary/aromatic N) is 4. The minimum atomic E-state index is -0.363. The summed E-state index contributed by atoms with van der Waals surface area (Å²) in [6.45, 7) is 0.506. The van der Waals surface area contributed by atoms with Crippen LogP contribution in [0.3, 0.4) is 0 Å². The van der Waals surface area contributed by atoms with Crippen LogP contribution in [0.25, 0.3) is 11.3 Å². The average molecular weight is 368 g/mol. The Morgan fingerprint density at radius 2 is 2.00 bits per heavy atom. The van der Waals surface area contributed by atoms with Gasteiger partial charge in [0.25, 0.3) is 11.5 Å². The first-order valence-electron chi connectivity index (χ1n) is 8.07. The van der Waals surface area contributed by atoms with Crippen molar-refractivity contribution < 1.29 is 4.79 Å². The molecular weight excluding hydrogens is 354 g/mol. The summed E-state index contributed by atoms with van der Waals surface area (Å²) in [5.74, 6) is 0.189. The Bertz CT molecular complexity index is 1040. The van der Waals surface area contributed by atoms with Gasteiger partial charge in [-0.1, -0.05) is 17.7 Å². The minimum absolute atomic E-state index is 0.139. The van der Waals surface area contributed by atoms with Gasteiger partial charge in [0, 0.05) is 30.6 Å². The molecule has 0 aliphatic carbocycles. The number of carbonyl (C=O) groups is 1. The molecule has 4 rings (SSSR count). The van der Waals surface area contributed by atoms with E-state index in [4.69, 9.17) is 11.6 Å². The molecule has 0 saturated carbocycles. The third kappa shape index (κ3) is 3.09. The number of hydrogen-bond donors (Lipinski definition) is 1. The van der Waals surface area contributed by atoms with Crippen molar-refractivity contribution in [1.82, 2.24) is 24.8 Å². The third-order valence-electron chi connectivity index (χ3n) is 4.22. The molecule has 7 nitrogen and oxygen atoms in total. The van der Waals surface area contributed by atoms with E-state index in [0.29, 0.717) is 24.5 Å². The van der Waals surface area contributed by atoms with Gasteiger partial charge in [0.1, 0.15) is 16.7 Å². The number of pyridine rings is 2. The van der Waals surface area contributed by atoms with E-state index in [-0.39, 0.29) is 28.4 Å². The highest BCUT2D eigenvalue weighted by molar-refractivity contribution is 6.29. The highest BCUT2D eigenvalue weighted by atomic mass is 35.5. The van der Waals surface area contributed by atoms with E-state index in [9.17, 15) is 9.59 Å². The second-order valence-corrected chi connectivity index (χ2v) is 6.27. The fraction of sp³-hybridized carbons (Fsp3) is 0.167. The molecule has 130 valence electrons. The first-order chi connectivity index (χ1) is 12.6. The fourth-order valence-corrected chi connectivity index (χ4v) is 3.14. The molecule has 1 aliphatic heterocycles. The van der Waals surface area contributed by atoms with Crippen LogP contribution >= 0.6 is 11.6 Å². The molecule has 3 aromatic rings. The van der Waals surface area contributed by atoms with Gasteiger partial charge in [-0.25, -0.2) is 9.97 Å². The van der Waals surface area contributed by atoms with E-state index < -0.39 is 0 Å². The molecule has 0 spiro atoms. The predicted octanol–water partition coefficient (Wildman–Crippen LogP) is 2.23. The monoisotopic (exact) mass is 367 g/mol. The van der Waals surface area contributed by atoms with Crippen LogP contribution in [0.5, 0.6) is 0 Å². The number of carbonyl (C=O) groups excluding carboxylic acids is 1. The third-order valence-corrected chi connectivity index (χ3v) is 4.43. The summed E-state index contributed by atoms with van der Waals surface area (Å²) in [5, 5.41) is 3.14. The van der Waals surface area contributed by atoms with Crippen LogP contribution in [0.1, 0.15) is 28.8 Å². The van der Waals surface area contributed by atoms with Crippen molar-refractivity contribution in [3.8, 4) is 11.3 Å². The summed E-state index contributed by atoms with van der Waals surface area (Å²) in [7, 11) is 0. The summed E-state index contributed by atoms with van der Waals surface area (Å²) < 4.78 is 1.58. The standard InChI is InChI=1S/C18H14ClN5O2/c19-15-3-1-2-13(21-15)18(26)23-12-6-9-24-16(25)10-14(22-17(12)24)11-4-7-20-8-5-11/h1-5,7-8,10,12H,6,9H2,(H,23,26). The van der Waals surface area contributed by atoms with E-state index in [1.807, 2.05) is 0 Å². The van der Waals surface area contributed by atoms with E-state index in [2.05, 4.69) is 20.3 Å². The van der Waals surface area contributed by atoms with E-state index in [0.717, 1.165) is 5.56 Å². The zero-order chi connectivity index (χ0) is 18.1. The molecule has 0 radical (unpaired) electrons. The molecule has 0 bridgehead atoms. The lowest BCUT2D eigenvalue weighted by molar-refractivity contribution is 0.0931. The Morgan fingerprint density at radius 1 is 1.19 bits per heavy atom. The van der Waals surface area contributed by atoms with Gasteiger partial charge in [-0.3, -0.25) is 19.1 Å². The number of fused-ring (bicyclic) bond motifs is 1. The van der Waals surface area contributed by atoms with Crippen LogP contribution in [-0.4, -0.2) is 25.4 Å². The Kier molecular flexibility index (Phi) is 4.22. The normalized spacial score (nSPS) is 15.5. The maximum atomic E-state index is 12.4. The number of rotatable bonds is 3. The lowest BCUT2D eigenvalue weighted by Gasteiger charge is -2.13. The summed E-state index contributed by atoms with van der Waals surface area (Å²) in [6, 6.07) is 9.57. The lowest BCUT2D eigenvalue weighted by Crippen LogP contribution is -2.30. The number of aromatic nitrogens is 4. The van der Waals surface area contributed by atoms with Crippen molar-refractivity contribution in [3.63, 3.8) is 0 Å². The molecule has 1 N–H and O–H groups in total.